The summed E-state index contributed by atoms with van der Waals surface area (Å²) in [5.41, 5.74) is 3.50. The Morgan fingerprint density at radius 1 is 0.727 bits per heavy atom. The van der Waals surface area contributed by atoms with Crippen molar-refractivity contribution in [2.24, 2.45) is 0 Å². The number of hydrogen-bond acceptors (Lipinski definition) is 2. The van der Waals surface area contributed by atoms with Gasteiger partial charge in [0, 0.05) is 11.8 Å². The molecule has 110 valence electrons. The van der Waals surface area contributed by atoms with E-state index in [1.807, 2.05) is 30.3 Å². The lowest BCUT2D eigenvalue weighted by molar-refractivity contribution is 0.415. The number of ether oxygens (including phenoxy) is 1. The summed E-state index contributed by atoms with van der Waals surface area (Å²) >= 11 is 0. The molecule has 0 fully saturated rings. The molecule has 0 heterocycles. The highest BCUT2D eigenvalue weighted by Crippen LogP contribution is 2.28. The van der Waals surface area contributed by atoms with Crippen molar-refractivity contribution in [1.29, 1.82) is 0 Å². The number of rotatable bonds is 5. The summed E-state index contributed by atoms with van der Waals surface area (Å²) in [4.78, 5) is 0. The predicted molar refractivity (Wildman–Crippen MR) is 91.3 cm³/mol. The zero-order chi connectivity index (χ0) is 15.2. The van der Waals surface area contributed by atoms with Crippen LogP contribution in [0.25, 0.3) is 0 Å². The molecule has 3 aromatic carbocycles. The minimum absolute atomic E-state index is 0.106. The van der Waals surface area contributed by atoms with E-state index in [0.717, 1.165) is 11.4 Å². The van der Waals surface area contributed by atoms with Crippen molar-refractivity contribution >= 4 is 5.69 Å². The number of anilines is 1. The third-order valence-electron chi connectivity index (χ3n) is 3.65. The summed E-state index contributed by atoms with van der Waals surface area (Å²) in [5.74, 6) is 0.852. The lowest BCUT2D eigenvalue weighted by atomic mass is 9.98. The van der Waals surface area contributed by atoms with Crippen LogP contribution in [-0.2, 0) is 0 Å². The van der Waals surface area contributed by atoms with Crippen LogP contribution in [0.4, 0.5) is 5.69 Å². The van der Waals surface area contributed by atoms with Crippen molar-refractivity contribution in [3.63, 3.8) is 0 Å². The fraction of sp³-hybridized carbons (Fsp3) is 0.100. The minimum Gasteiger partial charge on any atom is -0.497 e. The summed E-state index contributed by atoms with van der Waals surface area (Å²) < 4.78 is 5.31. The molecule has 0 bridgehead atoms. The maximum atomic E-state index is 5.31. The van der Waals surface area contributed by atoms with Crippen LogP contribution >= 0.6 is 0 Å². The number of methoxy groups -OCH3 is 1. The van der Waals surface area contributed by atoms with Gasteiger partial charge in [-0.1, -0.05) is 66.7 Å². The molecule has 0 aliphatic rings. The molecule has 0 aromatic heterocycles. The largest absolute Gasteiger partial charge is 0.497 e. The molecular weight excluding hydrogens is 270 g/mol. The van der Waals surface area contributed by atoms with Gasteiger partial charge in [0.05, 0.1) is 13.2 Å². The minimum atomic E-state index is 0.106. The van der Waals surface area contributed by atoms with Gasteiger partial charge in [-0.05, 0) is 23.3 Å². The molecule has 0 spiro atoms. The van der Waals surface area contributed by atoms with Crippen LogP contribution < -0.4 is 10.1 Å². The van der Waals surface area contributed by atoms with Crippen LogP contribution in [-0.4, -0.2) is 7.11 Å². The molecule has 3 aromatic rings. The van der Waals surface area contributed by atoms with E-state index in [0.29, 0.717) is 0 Å². The van der Waals surface area contributed by atoms with Gasteiger partial charge in [0.15, 0.2) is 0 Å². The molecule has 0 radical (unpaired) electrons. The molecule has 22 heavy (non-hydrogen) atoms. The molecule has 0 saturated heterocycles. The summed E-state index contributed by atoms with van der Waals surface area (Å²) in [7, 11) is 1.69. The van der Waals surface area contributed by atoms with Gasteiger partial charge in [0.2, 0.25) is 0 Å². The van der Waals surface area contributed by atoms with Crippen LogP contribution in [0, 0.1) is 0 Å². The Bertz CT molecular complexity index is 671. The predicted octanol–water partition coefficient (Wildman–Crippen LogP) is 4.90. The van der Waals surface area contributed by atoms with E-state index in [1.54, 1.807) is 7.11 Å². The zero-order valence-electron chi connectivity index (χ0n) is 12.6. The molecular formula is C20H19NO. The Morgan fingerprint density at radius 3 is 1.86 bits per heavy atom. The Kier molecular flexibility index (Phi) is 4.40. The Hall–Kier alpha value is -2.74. The van der Waals surface area contributed by atoms with Gasteiger partial charge in [-0.15, -0.1) is 0 Å². The second-order valence-corrected chi connectivity index (χ2v) is 5.13. The van der Waals surface area contributed by atoms with E-state index in [2.05, 4.69) is 59.9 Å². The highest BCUT2D eigenvalue weighted by atomic mass is 16.5. The maximum Gasteiger partial charge on any atom is 0.120 e. The molecule has 0 unspecified atom stereocenters. The summed E-state index contributed by atoms with van der Waals surface area (Å²) in [6.07, 6.45) is 0. The van der Waals surface area contributed by atoms with Crippen LogP contribution in [0.2, 0.25) is 0 Å². The van der Waals surface area contributed by atoms with Crippen LogP contribution in [0.15, 0.2) is 84.9 Å². The normalized spacial score (nSPS) is 10.5. The van der Waals surface area contributed by atoms with E-state index < -0.39 is 0 Å². The van der Waals surface area contributed by atoms with E-state index in [-0.39, 0.29) is 6.04 Å². The average molecular weight is 289 g/mol. The van der Waals surface area contributed by atoms with E-state index in [4.69, 9.17) is 4.74 Å². The number of benzene rings is 3. The fourth-order valence-electron chi connectivity index (χ4n) is 2.53. The van der Waals surface area contributed by atoms with Crippen molar-refractivity contribution in [1.82, 2.24) is 0 Å². The summed E-state index contributed by atoms with van der Waals surface area (Å²) in [6, 6.07) is 29.0. The Labute approximate surface area is 131 Å². The summed E-state index contributed by atoms with van der Waals surface area (Å²) in [6.45, 7) is 0. The molecule has 2 nitrogen and oxygen atoms in total. The molecule has 0 aliphatic heterocycles. The lowest BCUT2D eigenvalue weighted by Crippen LogP contribution is -2.12. The third-order valence-corrected chi connectivity index (χ3v) is 3.65. The lowest BCUT2D eigenvalue weighted by Gasteiger charge is -2.21. The van der Waals surface area contributed by atoms with Crippen molar-refractivity contribution < 1.29 is 4.74 Å². The third kappa shape index (κ3) is 3.29. The first kappa shape index (κ1) is 14.2. The van der Waals surface area contributed by atoms with Gasteiger partial charge in [-0.3, -0.25) is 0 Å². The second-order valence-electron chi connectivity index (χ2n) is 5.13. The molecule has 0 saturated carbocycles. The SMILES string of the molecule is COc1cccc(NC(c2ccccc2)c2ccccc2)c1. The average Bonchev–Trinajstić information content (AvgIpc) is 2.61. The van der Waals surface area contributed by atoms with Crippen LogP contribution in [0.5, 0.6) is 5.75 Å². The molecule has 2 heteroatoms. The van der Waals surface area contributed by atoms with Gasteiger partial charge >= 0.3 is 0 Å². The standard InChI is InChI=1S/C20H19NO/c1-22-19-14-8-13-18(15-19)21-20(16-9-4-2-5-10-16)17-11-6-3-7-12-17/h2-15,20-21H,1H3. The van der Waals surface area contributed by atoms with Crippen molar-refractivity contribution in [3.05, 3.63) is 96.1 Å². The van der Waals surface area contributed by atoms with Gasteiger partial charge in [0.25, 0.3) is 0 Å². The molecule has 0 aliphatic carbocycles. The molecule has 0 amide bonds. The smallest absolute Gasteiger partial charge is 0.120 e. The monoisotopic (exact) mass is 289 g/mol. The van der Waals surface area contributed by atoms with Gasteiger partial charge in [-0.2, -0.15) is 0 Å². The first-order valence-electron chi connectivity index (χ1n) is 7.37. The first-order chi connectivity index (χ1) is 10.9. The maximum absolute atomic E-state index is 5.31. The van der Waals surface area contributed by atoms with Crippen molar-refractivity contribution in [2.75, 3.05) is 12.4 Å². The zero-order valence-corrected chi connectivity index (χ0v) is 12.6. The van der Waals surface area contributed by atoms with Crippen LogP contribution in [0.1, 0.15) is 17.2 Å². The quantitative estimate of drug-likeness (QED) is 0.721. The summed E-state index contributed by atoms with van der Waals surface area (Å²) in [5, 5.41) is 3.61. The molecule has 3 rings (SSSR count). The number of hydrogen-bond donors (Lipinski definition) is 1. The van der Waals surface area contributed by atoms with Crippen molar-refractivity contribution in [2.45, 2.75) is 6.04 Å². The fourth-order valence-corrected chi connectivity index (χ4v) is 2.53. The van der Waals surface area contributed by atoms with Gasteiger partial charge in [-0.25, -0.2) is 0 Å². The van der Waals surface area contributed by atoms with Gasteiger partial charge < -0.3 is 10.1 Å². The van der Waals surface area contributed by atoms with E-state index >= 15 is 0 Å². The van der Waals surface area contributed by atoms with Crippen LogP contribution in [0.3, 0.4) is 0 Å². The van der Waals surface area contributed by atoms with E-state index in [1.165, 1.54) is 11.1 Å². The molecule has 1 N–H and O–H groups in total. The number of nitrogens with one attached hydrogen (secondary N) is 1. The Balaban J connectivity index is 1.95. The Morgan fingerprint density at radius 2 is 1.32 bits per heavy atom. The highest BCUT2D eigenvalue weighted by molar-refractivity contribution is 5.52. The van der Waals surface area contributed by atoms with Crippen molar-refractivity contribution in [3.8, 4) is 5.75 Å². The first-order valence-corrected chi connectivity index (χ1v) is 7.37. The molecule has 0 atom stereocenters. The highest BCUT2D eigenvalue weighted by Gasteiger charge is 2.13. The van der Waals surface area contributed by atoms with E-state index in [9.17, 15) is 0 Å². The second kappa shape index (κ2) is 6.81. The van der Waals surface area contributed by atoms with Gasteiger partial charge in [0.1, 0.15) is 5.75 Å². The topological polar surface area (TPSA) is 21.3 Å².